The molecule has 1 rings (SSSR count). The van der Waals surface area contributed by atoms with Crippen molar-refractivity contribution >= 4 is 5.91 Å². The maximum atomic E-state index is 11.3. The van der Waals surface area contributed by atoms with E-state index in [4.69, 9.17) is 5.26 Å². The first-order valence-corrected chi connectivity index (χ1v) is 4.33. The Bertz CT molecular complexity index is 393. The highest BCUT2D eigenvalue weighted by Gasteiger charge is 2.08. The van der Waals surface area contributed by atoms with E-state index >= 15 is 0 Å². The van der Waals surface area contributed by atoms with Gasteiger partial charge >= 0.3 is 0 Å². The van der Waals surface area contributed by atoms with Crippen LogP contribution < -0.4 is 5.32 Å². The molecule has 14 heavy (non-hydrogen) atoms. The predicted octanol–water partition coefficient (Wildman–Crippen LogP) is 1.53. The van der Waals surface area contributed by atoms with Gasteiger partial charge in [0.1, 0.15) is 0 Å². The molecule has 1 N–H and O–H groups in total. The molecule has 0 saturated carbocycles. The summed E-state index contributed by atoms with van der Waals surface area (Å²) in [5, 5.41) is 11.4. The largest absolute Gasteiger partial charge is 0.355 e. The highest BCUT2D eigenvalue weighted by Crippen LogP contribution is 2.15. The van der Waals surface area contributed by atoms with Gasteiger partial charge in [0.25, 0.3) is 5.91 Å². The first-order valence-electron chi connectivity index (χ1n) is 4.33. The Morgan fingerprint density at radius 2 is 1.86 bits per heavy atom. The number of amides is 1. The zero-order valence-electron chi connectivity index (χ0n) is 8.51. The Hall–Kier alpha value is -1.82. The standard InChI is InChI=1S/C11H12N2O/c1-7-4-9(11(14)13-3)5-8(2)10(7)6-12/h4-5H,1-3H3,(H,13,14). The van der Waals surface area contributed by atoms with E-state index in [1.54, 1.807) is 19.2 Å². The Morgan fingerprint density at radius 3 is 2.21 bits per heavy atom. The number of rotatable bonds is 1. The molecule has 0 bridgehead atoms. The third-order valence-corrected chi connectivity index (χ3v) is 2.13. The Morgan fingerprint density at radius 1 is 1.36 bits per heavy atom. The van der Waals surface area contributed by atoms with Crippen molar-refractivity contribution in [2.75, 3.05) is 7.05 Å². The molecular weight excluding hydrogens is 176 g/mol. The van der Waals surface area contributed by atoms with Crippen LogP contribution in [0.2, 0.25) is 0 Å². The lowest BCUT2D eigenvalue weighted by molar-refractivity contribution is 0.0963. The zero-order chi connectivity index (χ0) is 10.7. The van der Waals surface area contributed by atoms with Gasteiger partial charge < -0.3 is 5.32 Å². The fourth-order valence-corrected chi connectivity index (χ4v) is 1.42. The minimum atomic E-state index is -0.124. The van der Waals surface area contributed by atoms with E-state index in [1.807, 2.05) is 13.8 Å². The number of nitrogens with one attached hydrogen (secondary N) is 1. The maximum Gasteiger partial charge on any atom is 0.251 e. The van der Waals surface area contributed by atoms with E-state index < -0.39 is 0 Å². The summed E-state index contributed by atoms with van der Waals surface area (Å²) in [6.07, 6.45) is 0. The van der Waals surface area contributed by atoms with Crippen molar-refractivity contribution in [2.45, 2.75) is 13.8 Å². The second-order valence-electron chi connectivity index (χ2n) is 3.18. The normalized spacial score (nSPS) is 9.29. The molecule has 0 fully saturated rings. The van der Waals surface area contributed by atoms with Crippen LogP contribution in [-0.2, 0) is 0 Å². The molecular formula is C11H12N2O. The molecule has 0 saturated heterocycles. The third-order valence-electron chi connectivity index (χ3n) is 2.13. The van der Waals surface area contributed by atoms with Gasteiger partial charge in [-0.25, -0.2) is 0 Å². The van der Waals surface area contributed by atoms with Crippen molar-refractivity contribution < 1.29 is 4.79 Å². The summed E-state index contributed by atoms with van der Waals surface area (Å²) in [5.41, 5.74) is 2.93. The first kappa shape index (κ1) is 10.3. The van der Waals surface area contributed by atoms with Crippen molar-refractivity contribution in [1.29, 1.82) is 5.26 Å². The van der Waals surface area contributed by atoms with Crippen LogP contribution in [0.3, 0.4) is 0 Å². The summed E-state index contributed by atoms with van der Waals surface area (Å²) in [5.74, 6) is -0.124. The van der Waals surface area contributed by atoms with Crippen LogP contribution in [0.1, 0.15) is 27.0 Å². The number of carbonyl (C=O) groups is 1. The van der Waals surface area contributed by atoms with E-state index in [0.717, 1.165) is 11.1 Å². The summed E-state index contributed by atoms with van der Waals surface area (Å²) in [6, 6.07) is 5.57. The monoisotopic (exact) mass is 188 g/mol. The van der Waals surface area contributed by atoms with Crippen molar-refractivity contribution in [3.8, 4) is 6.07 Å². The molecule has 1 aromatic carbocycles. The average Bonchev–Trinajstić information content (AvgIpc) is 2.16. The molecule has 0 aliphatic rings. The second kappa shape index (κ2) is 3.93. The van der Waals surface area contributed by atoms with E-state index in [0.29, 0.717) is 11.1 Å². The summed E-state index contributed by atoms with van der Waals surface area (Å²) in [6.45, 7) is 3.66. The van der Waals surface area contributed by atoms with Gasteiger partial charge in [0.2, 0.25) is 0 Å². The van der Waals surface area contributed by atoms with E-state index in [1.165, 1.54) is 0 Å². The number of nitrogens with zero attached hydrogens (tertiary/aromatic N) is 1. The van der Waals surface area contributed by atoms with Crippen LogP contribution >= 0.6 is 0 Å². The molecule has 72 valence electrons. The zero-order valence-corrected chi connectivity index (χ0v) is 8.51. The highest BCUT2D eigenvalue weighted by atomic mass is 16.1. The molecule has 1 amide bonds. The molecule has 0 spiro atoms. The molecule has 1 aromatic rings. The number of benzene rings is 1. The van der Waals surface area contributed by atoms with E-state index in [9.17, 15) is 4.79 Å². The number of carbonyl (C=O) groups excluding carboxylic acids is 1. The number of aryl methyl sites for hydroxylation is 2. The molecule has 0 atom stereocenters. The van der Waals surface area contributed by atoms with Gasteiger partial charge in [0, 0.05) is 12.6 Å². The van der Waals surface area contributed by atoms with Crippen molar-refractivity contribution in [3.05, 3.63) is 34.4 Å². The van der Waals surface area contributed by atoms with Crippen LogP contribution in [0.15, 0.2) is 12.1 Å². The van der Waals surface area contributed by atoms with Crippen molar-refractivity contribution in [1.82, 2.24) is 5.32 Å². The fourth-order valence-electron chi connectivity index (χ4n) is 1.42. The maximum absolute atomic E-state index is 11.3. The van der Waals surface area contributed by atoms with Crippen molar-refractivity contribution in [2.24, 2.45) is 0 Å². The summed E-state index contributed by atoms with van der Waals surface area (Å²) < 4.78 is 0. The van der Waals surface area contributed by atoms with E-state index in [-0.39, 0.29) is 5.91 Å². The smallest absolute Gasteiger partial charge is 0.251 e. The van der Waals surface area contributed by atoms with Crippen LogP contribution in [0, 0.1) is 25.2 Å². The third kappa shape index (κ3) is 1.74. The molecule has 0 unspecified atom stereocenters. The Labute approximate surface area is 83.4 Å². The summed E-state index contributed by atoms with van der Waals surface area (Å²) >= 11 is 0. The average molecular weight is 188 g/mol. The van der Waals surface area contributed by atoms with Crippen LogP contribution in [0.5, 0.6) is 0 Å². The van der Waals surface area contributed by atoms with Crippen molar-refractivity contribution in [3.63, 3.8) is 0 Å². The number of hydrogen-bond acceptors (Lipinski definition) is 2. The summed E-state index contributed by atoms with van der Waals surface area (Å²) in [4.78, 5) is 11.3. The fraction of sp³-hybridized carbons (Fsp3) is 0.273. The topological polar surface area (TPSA) is 52.9 Å². The van der Waals surface area contributed by atoms with Gasteiger partial charge in [-0.3, -0.25) is 4.79 Å². The van der Waals surface area contributed by atoms with Gasteiger partial charge in [0.15, 0.2) is 0 Å². The highest BCUT2D eigenvalue weighted by molar-refractivity contribution is 5.94. The predicted molar refractivity (Wildman–Crippen MR) is 54.0 cm³/mol. The SMILES string of the molecule is CNC(=O)c1cc(C)c(C#N)c(C)c1. The Balaban J connectivity index is 3.29. The van der Waals surface area contributed by atoms with Crippen LogP contribution in [0.4, 0.5) is 0 Å². The van der Waals surface area contributed by atoms with Crippen LogP contribution in [0.25, 0.3) is 0 Å². The molecule has 0 heterocycles. The lowest BCUT2D eigenvalue weighted by Crippen LogP contribution is -2.18. The molecule has 0 aliphatic heterocycles. The first-order chi connectivity index (χ1) is 6.60. The minimum Gasteiger partial charge on any atom is -0.355 e. The minimum absolute atomic E-state index is 0.124. The van der Waals surface area contributed by atoms with E-state index in [2.05, 4.69) is 11.4 Å². The van der Waals surface area contributed by atoms with Gasteiger partial charge in [-0.05, 0) is 37.1 Å². The molecule has 0 radical (unpaired) electrons. The lowest BCUT2D eigenvalue weighted by atomic mass is 10.00. The lowest BCUT2D eigenvalue weighted by Gasteiger charge is -2.05. The Kier molecular flexibility index (Phi) is 2.88. The molecule has 0 aromatic heterocycles. The molecule has 3 heteroatoms. The molecule has 3 nitrogen and oxygen atoms in total. The number of hydrogen-bond donors (Lipinski definition) is 1. The van der Waals surface area contributed by atoms with Gasteiger partial charge in [-0.2, -0.15) is 5.26 Å². The second-order valence-corrected chi connectivity index (χ2v) is 3.18. The van der Waals surface area contributed by atoms with Gasteiger partial charge in [-0.1, -0.05) is 0 Å². The van der Waals surface area contributed by atoms with Gasteiger partial charge in [-0.15, -0.1) is 0 Å². The number of nitriles is 1. The molecule has 0 aliphatic carbocycles. The quantitative estimate of drug-likeness (QED) is 0.726. The summed E-state index contributed by atoms with van der Waals surface area (Å²) in [7, 11) is 1.59. The van der Waals surface area contributed by atoms with Gasteiger partial charge in [0.05, 0.1) is 11.6 Å². The van der Waals surface area contributed by atoms with Crippen LogP contribution in [-0.4, -0.2) is 13.0 Å².